The summed E-state index contributed by atoms with van der Waals surface area (Å²) in [7, 11) is 1.76. The number of benzene rings is 1. The molecule has 1 unspecified atom stereocenters. The fraction of sp³-hybridized carbons (Fsp3) is 0.600. The molecular weight excluding hydrogens is 453 g/mol. The van der Waals surface area contributed by atoms with Crippen LogP contribution in [0.2, 0.25) is 0 Å². The number of rotatable bonds is 7. The first-order chi connectivity index (χ1) is 12.5. The molecule has 6 nitrogen and oxygen atoms in total. The maximum Gasteiger partial charge on any atom is 0.222 e. The highest BCUT2D eigenvalue weighted by atomic mass is 127. The highest BCUT2D eigenvalue weighted by Crippen LogP contribution is 2.23. The van der Waals surface area contributed by atoms with Crippen molar-refractivity contribution in [2.45, 2.75) is 39.7 Å². The van der Waals surface area contributed by atoms with Crippen LogP contribution in [0.25, 0.3) is 0 Å². The van der Waals surface area contributed by atoms with Crippen molar-refractivity contribution in [1.29, 1.82) is 0 Å². The lowest BCUT2D eigenvalue weighted by Crippen LogP contribution is -2.42. The predicted molar refractivity (Wildman–Crippen MR) is 124 cm³/mol. The number of hydrogen-bond acceptors (Lipinski definition) is 3. The van der Waals surface area contributed by atoms with E-state index in [4.69, 9.17) is 0 Å². The number of nitrogens with one attached hydrogen (secondary N) is 3. The van der Waals surface area contributed by atoms with Crippen molar-refractivity contribution in [3.63, 3.8) is 0 Å². The molecule has 0 aliphatic carbocycles. The van der Waals surface area contributed by atoms with Gasteiger partial charge in [0.15, 0.2) is 5.96 Å². The van der Waals surface area contributed by atoms with Crippen LogP contribution < -0.4 is 20.9 Å². The van der Waals surface area contributed by atoms with Crippen molar-refractivity contribution in [3.8, 4) is 0 Å². The average molecular weight is 487 g/mol. The number of guanidine groups is 1. The fourth-order valence-corrected chi connectivity index (χ4v) is 3.02. The Morgan fingerprint density at radius 3 is 2.44 bits per heavy atom. The summed E-state index contributed by atoms with van der Waals surface area (Å²) >= 11 is 0. The van der Waals surface area contributed by atoms with Crippen LogP contribution >= 0.6 is 24.0 Å². The molecule has 2 rings (SSSR count). The Labute approximate surface area is 180 Å². The fourth-order valence-electron chi connectivity index (χ4n) is 3.02. The molecule has 27 heavy (non-hydrogen) atoms. The SMILES string of the molecule is CN=C(NCCNC(=O)C(C)C)NC(C)c1cccc(N2CCCC2)c1.I. The summed E-state index contributed by atoms with van der Waals surface area (Å²) in [6, 6.07) is 8.87. The van der Waals surface area contributed by atoms with Gasteiger partial charge in [0.25, 0.3) is 0 Å². The number of carbonyl (C=O) groups excluding carboxylic acids is 1. The van der Waals surface area contributed by atoms with Crippen molar-refractivity contribution in [2.75, 3.05) is 38.1 Å². The summed E-state index contributed by atoms with van der Waals surface area (Å²) in [4.78, 5) is 18.3. The molecule has 152 valence electrons. The van der Waals surface area contributed by atoms with E-state index in [1.54, 1.807) is 7.05 Å². The van der Waals surface area contributed by atoms with Crippen molar-refractivity contribution >= 4 is 41.5 Å². The highest BCUT2D eigenvalue weighted by Gasteiger charge is 2.14. The lowest BCUT2D eigenvalue weighted by Gasteiger charge is -2.22. The molecule has 3 N–H and O–H groups in total. The van der Waals surface area contributed by atoms with E-state index in [0.29, 0.717) is 13.1 Å². The van der Waals surface area contributed by atoms with Crippen LogP contribution in [0.4, 0.5) is 5.69 Å². The molecular formula is C20H34IN5O. The standard InChI is InChI=1S/C20H33N5O.HI/c1-15(2)19(26)22-10-11-23-20(21-4)24-16(3)17-8-7-9-18(14-17)25-12-5-6-13-25;/h7-9,14-16H,5-6,10-13H2,1-4H3,(H,22,26)(H2,21,23,24);1H. The Hall–Kier alpha value is -1.51. The van der Waals surface area contributed by atoms with Crippen LogP contribution in [0.3, 0.4) is 0 Å². The molecule has 0 saturated carbocycles. The van der Waals surface area contributed by atoms with Crippen molar-refractivity contribution in [3.05, 3.63) is 29.8 Å². The maximum absolute atomic E-state index is 11.6. The Morgan fingerprint density at radius 2 is 1.81 bits per heavy atom. The third kappa shape index (κ3) is 7.56. The molecule has 1 aliphatic heterocycles. The second-order valence-corrected chi connectivity index (χ2v) is 7.10. The number of halogens is 1. The van der Waals surface area contributed by atoms with Gasteiger partial charge in [-0.3, -0.25) is 9.79 Å². The molecule has 1 saturated heterocycles. The Bertz CT molecular complexity index is 614. The molecule has 0 aromatic heterocycles. The Kier molecular flexibility index (Phi) is 10.5. The van der Waals surface area contributed by atoms with Crippen LogP contribution in [0.5, 0.6) is 0 Å². The van der Waals surface area contributed by atoms with E-state index < -0.39 is 0 Å². The molecule has 1 atom stereocenters. The van der Waals surface area contributed by atoms with Gasteiger partial charge < -0.3 is 20.9 Å². The first kappa shape index (κ1) is 23.5. The van der Waals surface area contributed by atoms with Gasteiger partial charge in [-0.05, 0) is 37.5 Å². The minimum absolute atomic E-state index is 0. The van der Waals surface area contributed by atoms with Crippen LogP contribution in [-0.2, 0) is 4.79 Å². The monoisotopic (exact) mass is 487 g/mol. The van der Waals surface area contributed by atoms with Crippen LogP contribution in [-0.4, -0.2) is 45.1 Å². The molecule has 1 aliphatic rings. The first-order valence-corrected chi connectivity index (χ1v) is 9.61. The van der Waals surface area contributed by atoms with E-state index in [1.165, 1.54) is 24.1 Å². The number of aliphatic imine (C=N–C) groups is 1. The molecule has 0 bridgehead atoms. The molecule has 1 amide bonds. The molecule has 7 heteroatoms. The van der Waals surface area contributed by atoms with Crippen molar-refractivity contribution in [2.24, 2.45) is 10.9 Å². The first-order valence-electron chi connectivity index (χ1n) is 9.61. The highest BCUT2D eigenvalue weighted by molar-refractivity contribution is 14.0. The van der Waals surface area contributed by atoms with Gasteiger partial charge in [-0.2, -0.15) is 0 Å². The van der Waals surface area contributed by atoms with Gasteiger partial charge in [0.05, 0.1) is 6.04 Å². The summed E-state index contributed by atoms with van der Waals surface area (Å²) in [6.45, 7) is 9.43. The van der Waals surface area contributed by atoms with Crippen LogP contribution in [0, 0.1) is 5.92 Å². The van der Waals surface area contributed by atoms with Gasteiger partial charge in [-0.15, -0.1) is 24.0 Å². The minimum atomic E-state index is 0. The largest absolute Gasteiger partial charge is 0.372 e. The van der Waals surface area contributed by atoms with E-state index in [2.05, 4.69) is 57.0 Å². The number of nitrogens with zero attached hydrogens (tertiary/aromatic N) is 2. The molecule has 0 spiro atoms. The number of carbonyl (C=O) groups is 1. The number of anilines is 1. The molecule has 1 heterocycles. The quantitative estimate of drug-likeness (QED) is 0.240. The minimum Gasteiger partial charge on any atom is -0.372 e. The van der Waals surface area contributed by atoms with Gasteiger partial charge in [0, 0.05) is 44.8 Å². The zero-order valence-electron chi connectivity index (χ0n) is 16.9. The summed E-state index contributed by atoms with van der Waals surface area (Å²) in [5.74, 6) is 0.819. The second kappa shape index (κ2) is 12.0. The maximum atomic E-state index is 11.6. The molecule has 0 radical (unpaired) electrons. The van der Waals surface area contributed by atoms with E-state index in [9.17, 15) is 4.79 Å². The van der Waals surface area contributed by atoms with E-state index in [0.717, 1.165) is 19.0 Å². The number of amides is 1. The topological polar surface area (TPSA) is 68.8 Å². The van der Waals surface area contributed by atoms with E-state index in [-0.39, 0.29) is 41.8 Å². The smallest absolute Gasteiger partial charge is 0.222 e. The predicted octanol–water partition coefficient (Wildman–Crippen LogP) is 2.90. The Balaban J connectivity index is 0.00000364. The van der Waals surface area contributed by atoms with E-state index in [1.807, 2.05) is 13.8 Å². The third-order valence-corrected chi connectivity index (χ3v) is 4.66. The van der Waals surface area contributed by atoms with Gasteiger partial charge >= 0.3 is 0 Å². The summed E-state index contributed by atoms with van der Waals surface area (Å²) in [6.07, 6.45) is 2.56. The zero-order valence-corrected chi connectivity index (χ0v) is 19.2. The summed E-state index contributed by atoms with van der Waals surface area (Å²) < 4.78 is 0. The normalized spacial score (nSPS) is 15.3. The molecule has 1 fully saturated rings. The van der Waals surface area contributed by atoms with Crippen LogP contribution in [0.1, 0.15) is 45.2 Å². The van der Waals surface area contributed by atoms with Crippen LogP contribution in [0.15, 0.2) is 29.3 Å². The van der Waals surface area contributed by atoms with E-state index >= 15 is 0 Å². The van der Waals surface area contributed by atoms with Crippen molar-refractivity contribution in [1.82, 2.24) is 16.0 Å². The molecule has 1 aromatic carbocycles. The van der Waals surface area contributed by atoms with Gasteiger partial charge in [-0.25, -0.2) is 0 Å². The lowest BCUT2D eigenvalue weighted by molar-refractivity contribution is -0.123. The Morgan fingerprint density at radius 1 is 1.15 bits per heavy atom. The lowest BCUT2D eigenvalue weighted by atomic mass is 10.1. The molecule has 1 aromatic rings. The summed E-state index contributed by atoms with van der Waals surface area (Å²) in [5.41, 5.74) is 2.54. The van der Waals surface area contributed by atoms with Crippen molar-refractivity contribution < 1.29 is 4.79 Å². The third-order valence-electron chi connectivity index (χ3n) is 4.66. The van der Waals surface area contributed by atoms with Gasteiger partial charge in [0.1, 0.15) is 0 Å². The van der Waals surface area contributed by atoms with Gasteiger partial charge in [-0.1, -0.05) is 26.0 Å². The number of hydrogen-bond donors (Lipinski definition) is 3. The average Bonchev–Trinajstić information content (AvgIpc) is 3.18. The second-order valence-electron chi connectivity index (χ2n) is 7.10. The van der Waals surface area contributed by atoms with Gasteiger partial charge in [0.2, 0.25) is 5.91 Å². The summed E-state index contributed by atoms with van der Waals surface area (Å²) in [5, 5.41) is 9.56. The zero-order chi connectivity index (χ0) is 18.9.